The Labute approximate surface area is 310 Å². The number of fused-ring (bicyclic) bond motifs is 10. The maximum Gasteiger partial charge on any atom is 0.0476 e. The highest BCUT2D eigenvalue weighted by molar-refractivity contribution is 7.26. The molecule has 1 aliphatic rings. The average molecular weight is 700 g/mol. The fourth-order valence-corrected chi connectivity index (χ4v) is 10.9. The lowest BCUT2D eigenvalue weighted by Crippen LogP contribution is -2.16. The monoisotopic (exact) mass is 699 g/mol. The molecule has 0 N–H and O–H groups in total. The lowest BCUT2D eigenvalue weighted by molar-refractivity contribution is 0.660. The SMILES string of the molecule is CC1(C)c2ccccc2-c2ccc(N(c3ccc(-c4cccc5cc6sc7ccccc7c6cc45)cc3)c3ccc4c(c3)sc3ccccc34)cc21. The summed E-state index contributed by atoms with van der Waals surface area (Å²) in [6.07, 6.45) is 0. The molecule has 2 heterocycles. The van der Waals surface area contributed by atoms with Gasteiger partial charge in [-0.25, -0.2) is 0 Å². The van der Waals surface area contributed by atoms with Crippen LogP contribution < -0.4 is 4.90 Å². The molecule has 11 rings (SSSR count). The molecule has 0 radical (unpaired) electrons. The average Bonchev–Trinajstić information content (AvgIpc) is 3.81. The molecule has 0 saturated carbocycles. The lowest BCUT2D eigenvalue weighted by Gasteiger charge is -2.28. The largest absolute Gasteiger partial charge is 0.310 e. The first-order chi connectivity index (χ1) is 25.5. The Hall–Kier alpha value is -5.74. The standard InChI is InChI=1S/C49H33NS2/c1-49(2)43-15-6-3-11-36(43)37-24-22-33(27-44(37)49)50(34-23-25-40-38-12-4-7-16-45(38)52-48(40)28-34)32-20-18-30(19-21-32)35-14-9-10-31-26-47-42(29-41(31)35)39-13-5-8-17-46(39)51-47/h3-29H,1-2H3. The van der Waals surface area contributed by atoms with Crippen LogP contribution in [0.2, 0.25) is 0 Å². The molecular weight excluding hydrogens is 667 g/mol. The summed E-state index contributed by atoms with van der Waals surface area (Å²) in [4.78, 5) is 2.44. The van der Waals surface area contributed by atoms with Crippen molar-refractivity contribution in [1.29, 1.82) is 0 Å². The van der Waals surface area contributed by atoms with Gasteiger partial charge in [-0.15, -0.1) is 22.7 Å². The van der Waals surface area contributed by atoms with Gasteiger partial charge in [-0.05, 0) is 105 Å². The molecule has 0 amide bonds. The number of benzene rings is 8. The van der Waals surface area contributed by atoms with Crippen LogP contribution in [-0.2, 0) is 5.41 Å². The van der Waals surface area contributed by atoms with Gasteiger partial charge in [0.25, 0.3) is 0 Å². The van der Waals surface area contributed by atoms with Crippen LogP contribution in [0.4, 0.5) is 17.1 Å². The minimum Gasteiger partial charge on any atom is -0.310 e. The third-order valence-corrected chi connectivity index (χ3v) is 13.5. The molecule has 1 aliphatic carbocycles. The minimum absolute atomic E-state index is 0.0829. The Bertz CT molecular complexity index is 3050. The third kappa shape index (κ3) is 4.40. The number of rotatable bonds is 4. The summed E-state index contributed by atoms with van der Waals surface area (Å²) in [7, 11) is 0. The highest BCUT2D eigenvalue weighted by atomic mass is 32.1. The highest BCUT2D eigenvalue weighted by Gasteiger charge is 2.35. The number of hydrogen-bond acceptors (Lipinski definition) is 3. The molecule has 8 aromatic carbocycles. The fraction of sp³-hybridized carbons (Fsp3) is 0.0612. The maximum atomic E-state index is 2.44. The van der Waals surface area contributed by atoms with Crippen molar-refractivity contribution in [1.82, 2.24) is 0 Å². The Balaban J connectivity index is 1.07. The maximum absolute atomic E-state index is 2.44. The van der Waals surface area contributed by atoms with Crippen LogP contribution in [0.15, 0.2) is 164 Å². The summed E-state index contributed by atoms with van der Waals surface area (Å²) in [6, 6.07) is 61.2. The van der Waals surface area contributed by atoms with E-state index >= 15 is 0 Å². The molecule has 0 fully saturated rings. The molecular formula is C49H33NS2. The summed E-state index contributed by atoms with van der Waals surface area (Å²) < 4.78 is 5.31. The minimum atomic E-state index is -0.0829. The van der Waals surface area contributed by atoms with Crippen molar-refractivity contribution in [3.8, 4) is 22.3 Å². The smallest absolute Gasteiger partial charge is 0.0476 e. The first-order valence-electron chi connectivity index (χ1n) is 17.9. The van der Waals surface area contributed by atoms with E-state index in [1.165, 1.54) is 90.2 Å². The zero-order valence-electron chi connectivity index (χ0n) is 28.9. The van der Waals surface area contributed by atoms with E-state index in [1.807, 2.05) is 22.7 Å². The van der Waals surface area contributed by atoms with Crippen molar-refractivity contribution < 1.29 is 0 Å². The fourth-order valence-electron chi connectivity index (χ4n) is 8.67. The van der Waals surface area contributed by atoms with Gasteiger partial charge in [-0.3, -0.25) is 0 Å². The summed E-state index contributed by atoms with van der Waals surface area (Å²) in [5.74, 6) is 0. The first kappa shape index (κ1) is 29.9. The summed E-state index contributed by atoms with van der Waals surface area (Å²) >= 11 is 3.75. The first-order valence-corrected chi connectivity index (χ1v) is 19.5. The van der Waals surface area contributed by atoms with Crippen molar-refractivity contribution in [2.24, 2.45) is 0 Å². The predicted molar refractivity (Wildman–Crippen MR) is 227 cm³/mol. The van der Waals surface area contributed by atoms with Crippen LogP contribution >= 0.6 is 22.7 Å². The Morgan fingerprint density at radius 2 is 0.981 bits per heavy atom. The van der Waals surface area contributed by atoms with Crippen LogP contribution in [-0.4, -0.2) is 0 Å². The molecule has 246 valence electrons. The van der Waals surface area contributed by atoms with E-state index in [0.717, 1.165) is 11.4 Å². The molecule has 3 heteroatoms. The quantitative estimate of drug-likeness (QED) is 0.177. The van der Waals surface area contributed by atoms with Crippen molar-refractivity contribution in [2.75, 3.05) is 4.90 Å². The predicted octanol–water partition coefficient (Wildman–Crippen LogP) is 15.0. The number of nitrogens with zero attached hydrogens (tertiary/aromatic N) is 1. The van der Waals surface area contributed by atoms with Crippen LogP contribution in [0.1, 0.15) is 25.0 Å². The summed E-state index contributed by atoms with van der Waals surface area (Å²) in [5.41, 5.74) is 11.3. The number of thiophene rings is 2. The van der Waals surface area contributed by atoms with Crippen molar-refractivity contribution in [3.63, 3.8) is 0 Å². The van der Waals surface area contributed by atoms with E-state index < -0.39 is 0 Å². The van der Waals surface area contributed by atoms with Crippen molar-refractivity contribution in [2.45, 2.75) is 19.3 Å². The van der Waals surface area contributed by atoms with E-state index in [0.29, 0.717) is 0 Å². The van der Waals surface area contributed by atoms with E-state index in [2.05, 4.69) is 183 Å². The van der Waals surface area contributed by atoms with Gasteiger partial charge >= 0.3 is 0 Å². The third-order valence-electron chi connectivity index (χ3n) is 11.3. The van der Waals surface area contributed by atoms with Gasteiger partial charge in [0.1, 0.15) is 0 Å². The second-order valence-corrected chi connectivity index (χ2v) is 16.7. The van der Waals surface area contributed by atoms with Gasteiger partial charge in [-0.1, -0.05) is 117 Å². The van der Waals surface area contributed by atoms with Crippen LogP contribution in [0.25, 0.3) is 73.4 Å². The zero-order valence-corrected chi connectivity index (χ0v) is 30.5. The van der Waals surface area contributed by atoms with Crippen LogP contribution in [0.3, 0.4) is 0 Å². The van der Waals surface area contributed by atoms with E-state index in [4.69, 9.17) is 0 Å². The Kier molecular flexibility index (Phi) is 6.41. The normalized spacial score (nSPS) is 13.3. The Morgan fingerprint density at radius 3 is 1.79 bits per heavy atom. The van der Waals surface area contributed by atoms with E-state index in [1.54, 1.807) is 0 Å². The molecule has 52 heavy (non-hydrogen) atoms. The van der Waals surface area contributed by atoms with Crippen LogP contribution in [0, 0.1) is 0 Å². The van der Waals surface area contributed by atoms with Gasteiger partial charge in [0, 0.05) is 62.8 Å². The van der Waals surface area contributed by atoms with Gasteiger partial charge in [0.2, 0.25) is 0 Å². The van der Waals surface area contributed by atoms with Crippen molar-refractivity contribution >= 4 is 90.9 Å². The topological polar surface area (TPSA) is 3.24 Å². The molecule has 0 saturated heterocycles. The van der Waals surface area contributed by atoms with E-state index in [-0.39, 0.29) is 5.41 Å². The van der Waals surface area contributed by atoms with Crippen molar-refractivity contribution in [3.05, 3.63) is 175 Å². The molecule has 0 aliphatic heterocycles. The molecule has 0 bridgehead atoms. The molecule has 0 spiro atoms. The van der Waals surface area contributed by atoms with Gasteiger partial charge in [0.05, 0.1) is 0 Å². The lowest BCUT2D eigenvalue weighted by atomic mass is 9.82. The molecule has 1 nitrogen and oxygen atoms in total. The molecule has 0 atom stereocenters. The second-order valence-electron chi connectivity index (χ2n) is 14.5. The molecule has 10 aromatic rings. The summed E-state index contributed by atoms with van der Waals surface area (Å²) in [5, 5.41) is 7.88. The van der Waals surface area contributed by atoms with Crippen LogP contribution in [0.5, 0.6) is 0 Å². The number of anilines is 3. The molecule has 0 unspecified atom stereocenters. The van der Waals surface area contributed by atoms with Gasteiger partial charge < -0.3 is 4.90 Å². The molecule has 2 aromatic heterocycles. The zero-order chi connectivity index (χ0) is 34.6. The van der Waals surface area contributed by atoms with E-state index in [9.17, 15) is 0 Å². The van der Waals surface area contributed by atoms with Gasteiger partial charge in [0.15, 0.2) is 0 Å². The van der Waals surface area contributed by atoms with Gasteiger partial charge in [-0.2, -0.15) is 0 Å². The highest BCUT2D eigenvalue weighted by Crippen LogP contribution is 2.51. The Morgan fingerprint density at radius 1 is 0.385 bits per heavy atom. The number of hydrogen-bond donors (Lipinski definition) is 0. The second kappa shape index (κ2) is 11.1. The summed E-state index contributed by atoms with van der Waals surface area (Å²) in [6.45, 7) is 4.72.